The lowest BCUT2D eigenvalue weighted by Crippen LogP contribution is -2.50. The molecule has 0 radical (unpaired) electrons. The number of carbonyl (C=O) groups excluding carboxylic acids is 3. The maximum absolute atomic E-state index is 13.1. The number of amides is 3. The monoisotopic (exact) mass is 427 g/mol. The molecule has 2 aromatic rings. The lowest BCUT2D eigenvalue weighted by molar-refractivity contribution is -0.148. The van der Waals surface area contributed by atoms with E-state index in [2.05, 4.69) is 16.4 Å². The molecule has 2 heterocycles. The second-order valence-corrected chi connectivity index (χ2v) is 9.23. The molecule has 1 aliphatic carbocycles. The molecule has 7 heteroatoms. The standard InChI is InChI=1S/C23H29N3O3S/c1-30-13-11-20(26-22(28)17-7-2-3-8-18(17)23(26)29)21(27)24-12-10-15-14-25-19-9-5-4-6-16(15)19/h4-6,9,14,17-18,20,25H,2-3,7-8,10-13H2,1H3,(H,24,27). The van der Waals surface area contributed by atoms with Gasteiger partial charge >= 0.3 is 0 Å². The van der Waals surface area contributed by atoms with Crippen molar-refractivity contribution in [3.8, 4) is 0 Å². The van der Waals surface area contributed by atoms with Crippen LogP contribution in [0.2, 0.25) is 0 Å². The first-order valence-electron chi connectivity index (χ1n) is 10.8. The number of likely N-dealkylation sites (tertiary alicyclic amines) is 1. The molecule has 4 rings (SSSR count). The summed E-state index contributed by atoms with van der Waals surface area (Å²) in [6, 6.07) is 7.38. The van der Waals surface area contributed by atoms with Gasteiger partial charge in [0.2, 0.25) is 17.7 Å². The summed E-state index contributed by atoms with van der Waals surface area (Å²) >= 11 is 1.62. The highest BCUT2D eigenvalue weighted by molar-refractivity contribution is 7.98. The van der Waals surface area contributed by atoms with Gasteiger partial charge in [0.1, 0.15) is 6.04 Å². The minimum atomic E-state index is -0.703. The number of para-hydroxylation sites is 1. The number of nitrogens with one attached hydrogen (secondary N) is 2. The van der Waals surface area contributed by atoms with Crippen molar-refractivity contribution in [2.45, 2.75) is 44.6 Å². The Bertz CT molecular complexity index is 917. The quantitative estimate of drug-likeness (QED) is 0.634. The topological polar surface area (TPSA) is 82.3 Å². The molecular weight excluding hydrogens is 398 g/mol. The van der Waals surface area contributed by atoms with Crippen molar-refractivity contribution in [1.29, 1.82) is 0 Å². The highest BCUT2D eigenvalue weighted by atomic mass is 32.2. The van der Waals surface area contributed by atoms with Crippen LogP contribution in [0.5, 0.6) is 0 Å². The van der Waals surface area contributed by atoms with Gasteiger partial charge in [-0.2, -0.15) is 11.8 Å². The first kappa shape index (κ1) is 21.0. The molecular formula is C23H29N3O3S. The fourth-order valence-corrected chi connectivity index (χ4v) is 5.34. The molecule has 0 spiro atoms. The zero-order valence-electron chi connectivity index (χ0n) is 17.4. The van der Waals surface area contributed by atoms with Crippen molar-refractivity contribution in [2.24, 2.45) is 11.8 Å². The fourth-order valence-electron chi connectivity index (χ4n) is 4.88. The molecule has 2 aliphatic rings. The Hall–Kier alpha value is -2.28. The summed E-state index contributed by atoms with van der Waals surface area (Å²) in [4.78, 5) is 43.6. The number of rotatable bonds is 8. The molecule has 2 N–H and O–H groups in total. The highest BCUT2D eigenvalue weighted by Gasteiger charge is 2.51. The van der Waals surface area contributed by atoms with Crippen molar-refractivity contribution in [1.82, 2.24) is 15.2 Å². The first-order valence-corrected chi connectivity index (χ1v) is 12.2. The Morgan fingerprint density at radius 3 is 2.60 bits per heavy atom. The van der Waals surface area contributed by atoms with E-state index in [1.165, 1.54) is 4.90 Å². The maximum atomic E-state index is 13.1. The van der Waals surface area contributed by atoms with Crippen molar-refractivity contribution >= 4 is 40.4 Å². The smallest absolute Gasteiger partial charge is 0.243 e. The average Bonchev–Trinajstić information content (AvgIpc) is 3.29. The van der Waals surface area contributed by atoms with E-state index in [0.717, 1.165) is 47.9 Å². The Balaban J connectivity index is 1.43. The number of H-pyrrole nitrogens is 1. The summed E-state index contributed by atoms with van der Waals surface area (Å²) < 4.78 is 0. The van der Waals surface area contributed by atoms with Crippen LogP contribution in [-0.2, 0) is 20.8 Å². The van der Waals surface area contributed by atoms with Crippen LogP contribution >= 0.6 is 11.8 Å². The number of thioether (sulfide) groups is 1. The van der Waals surface area contributed by atoms with Crippen LogP contribution in [0.15, 0.2) is 30.5 Å². The van der Waals surface area contributed by atoms with Gasteiger partial charge in [0, 0.05) is 23.6 Å². The molecule has 2 fully saturated rings. The predicted molar refractivity (Wildman–Crippen MR) is 119 cm³/mol. The molecule has 1 aromatic heterocycles. The lowest BCUT2D eigenvalue weighted by atomic mass is 9.81. The number of fused-ring (bicyclic) bond motifs is 2. The molecule has 1 saturated heterocycles. The number of nitrogens with zero attached hydrogens (tertiary/aromatic N) is 1. The van der Waals surface area contributed by atoms with Crippen molar-refractivity contribution in [3.63, 3.8) is 0 Å². The number of aromatic nitrogens is 1. The van der Waals surface area contributed by atoms with Crippen molar-refractivity contribution < 1.29 is 14.4 Å². The minimum Gasteiger partial charge on any atom is -0.361 e. The molecule has 0 bridgehead atoms. The first-order chi connectivity index (χ1) is 14.6. The molecule has 3 amide bonds. The van der Waals surface area contributed by atoms with Gasteiger partial charge in [-0.1, -0.05) is 31.0 Å². The number of aromatic amines is 1. The molecule has 6 nitrogen and oxygen atoms in total. The molecule has 1 saturated carbocycles. The minimum absolute atomic E-state index is 0.136. The van der Waals surface area contributed by atoms with Crippen LogP contribution in [0.3, 0.4) is 0 Å². The Labute approximate surface area is 181 Å². The van der Waals surface area contributed by atoms with Crippen LogP contribution in [0.1, 0.15) is 37.7 Å². The van der Waals surface area contributed by atoms with Crippen LogP contribution in [0.4, 0.5) is 0 Å². The van der Waals surface area contributed by atoms with Gasteiger partial charge in [-0.25, -0.2) is 0 Å². The van der Waals surface area contributed by atoms with Crippen LogP contribution in [0.25, 0.3) is 10.9 Å². The van der Waals surface area contributed by atoms with E-state index < -0.39 is 6.04 Å². The normalized spacial score (nSPS) is 22.4. The molecule has 1 aromatic carbocycles. The molecule has 160 valence electrons. The zero-order valence-corrected chi connectivity index (χ0v) is 18.2. The summed E-state index contributed by atoms with van der Waals surface area (Å²) in [6.07, 6.45) is 8.64. The van der Waals surface area contributed by atoms with E-state index in [4.69, 9.17) is 0 Å². The third kappa shape index (κ3) is 4.00. The lowest BCUT2D eigenvalue weighted by Gasteiger charge is -2.25. The molecule has 3 unspecified atom stereocenters. The number of carbonyl (C=O) groups is 3. The summed E-state index contributed by atoms with van der Waals surface area (Å²) in [6.45, 7) is 0.472. The number of benzene rings is 1. The third-order valence-corrected chi connectivity index (χ3v) is 7.10. The van der Waals surface area contributed by atoms with E-state index in [1.54, 1.807) is 11.8 Å². The Kier molecular flexibility index (Phi) is 6.46. The Morgan fingerprint density at radius 1 is 1.20 bits per heavy atom. The zero-order chi connectivity index (χ0) is 21.1. The maximum Gasteiger partial charge on any atom is 0.243 e. The van der Waals surface area contributed by atoms with Crippen LogP contribution < -0.4 is 5.32 Å². The van der Waals surface area contributed by atoms with E-state index in [1.807, 2.05) is 30.7 Å². The van der Waals surface area contributed by atoms with Crippen molar-refractivity contribution in [2.75, 3.05) is 18.6 Å². The number of imide groups is 1. The molecule has 30 heavy (non-hydrogen) atoms. The third-order valence-electron chi connectivity index (χ3n) is 6.45. The van der Waals surface area contributed by atoms with Gasteiger partial charge < -0.3 is 10.3 Å². The highest BCUT2D eigenvalue weighted by Crippen LogP contribution is 2.39. The SMILES string of the molecule is CSCCC(C(=O)NCCc1c[nH]c2ccccc12)N1C(=O)C2CCCCC2C1=O. The fraction of sp³-hybridized carbons (Fsp3) is 0.522. The number of hydrogen-bond acceptors (Lipinski definition) is 4. The number of hydrogen-bond donors (Lipinski definition) is 2. The summed E-state index contributed by atoms with van der Waals surface area (Å²) in [5.41, 5.74) is 2.22. The largest absolute Gasteiger partial charge is 0.361 e. The van der Waals surface area contributed by atoms with E-state index in [-0.39, 0.29) is 29.6 Å². The van der Waals surface area contributed by atoms with Crippen molar-refractivity contribution in [3.05, 3.63) is 36.0 Å². The predicted octanol–water partition coefficient (Wildman–Crippen LogP) is 3.12. The van der Waals surface area contributed by atoms with E-state index in [9.17, 15) is 14.4 Å². The van der Waals surface area contributed by atoms with Gasteiger partial charge in [0.15, 0.2) is 0 Å². The summed E-state index contributed by atoms with van der Waals surface area (Å²) in [7, 11) is 0. The molecule has 1 aliphatic heterocycles. The van der Waals surface area contributed by atoms with Gasteiger partial charge in [0.05, 0.1) is 11.8 Å². The summed E-state index contributed by atoms with van der Waals surface area (Å²) in [5.74, 6) is -0.203. The van der Waals surface area contributed by atoms with Crippen LogP contribution in [0, 0.1) is 11.8 Å². The van der Waals surface area contributed by atoms with Gasteiger partial charge in [-0.15, -0.1) is 0 Å². The second kappa shape index (κ2) is 9.25. The van der Waals surface area contributed by atoms with E-state index >= 15 is 0 Å². The second-order valence-electron chi connectivity index (χ2n) is 8.24. The molecule has 3 atom stereocenters. The Morgan fingerprint density at radius 2 is 1.90 bits per heavy atom. The van der Waals surface area contributed by atoms with E-state index in [0.29, 0.717) is 19.4 Å². The summed E-state index contributed by atoms with van der Waals surface area (Å²) in [5, 5.41) is 4.14. The van der Waals surface area contributed by atoms with Gasteiger partial charge in [-0.3, -0.25) is 19.3 Å². The van der Waals surface area contributed by atoms with Gasteiger partial charge in [0.25, 0.3) is 0 Å². The van der Waals surface area contributed by atoms with Crippen LogP contribution in [-0.4, -0.2) is 52.2 Å². The van der Waals surface area contributed by atoms with Gasteiger partial charge in [-0.05, 0) is 49.3 Å². The average molecular weight is 428 g/mol.